The SMILES string of the molecule is Cc1ccc2oc(=O)n(Cc3noc(C(=O)NCC4CCN(Cc5ccc(F)cc5)CC4)n3)c2c1. The number of fused-ring (bicyclic) bond motifs is 1. The maximum atomic E-state index is 13.1. The number of nitrogens with one attached hydrogen (secondary N) is 1. The highest BCUT2D eigenvalue weighted by atomic mass is 19.1. The van der Waals surface area contributed by atoms with Crippen molar-refractivity contribution in [2.45, 2.75) is 32.9 Å². The Bertz CT molecular complexity index is 1380. The number of likely N-dealkylation sites (tertiary alicyclic amines) is 1. The van der Waals surface area contributed by atoms with Crippen molar-refractivity contribution in [3.05, 3.63) is 81.7 Å². The van der Waals surface area contributed by atoms with E-state index in [1.54, 1.807) is 6.07 Å². The van der Waals surface area contributed by atoms with Gasteiger partial charge in [0, 0.05) is 13.1 Å². The van der Waals surface area contributed by atoms with Crippen LogP contribution < -0.4 is 11.1 Å². The number of amides is 1. The molecule has 0 saturated carbocycles. The van der Waals surface area contributed by atoms with Crippen molar-refractivity contribution in [3.63, 3.8) is 0 Å². The van der Waals surface area contributed by atoms with Gasteiger partial charge in [-0.2, -0.15) is 4.98 Å². The van der Waals surface area contributed by atoms with Crippen LogP contribution in [0.3, 0.4) is 0 Å². The fraction of sp³-hybridized carbons (Fsp3) is 0.360. The Morgan fingerprint density at radius 1 is 1.14 bits per heavy atom. The molecule has 0 atom stereocenters. The number of oxazole rings is 1. The molecular formula is C25H26FN5O4. The number of rotatable bonds is 7. The lowest BCUT2D eigenvalue weighted by molar-refractivity contribution is 0.0891. The second-order valence-electron chi connectivity index (χ2n) is 9.00. The topological polar surface area (TPSA) is 106 Å². The van der Waals surface area contributed by atoms with E-state index in [2.05, 4.69) is 20.4 Å². The first-order valence-electron chi connectivity index (χ1n) is 11.6. The van der Waals surface area contributed by atoms with Crippen LogP contribution in [0.5, 0.6) is 0 Å². The predicted molar refractivity (Wildman–Crippen MR) is 125 cm³/mol. The van der Waals surface area contributed by atoms with Gasteiger partial charge in [0.05, 0.1) is 12.1 Å². The highest BCUT2D eigenvalue weighted by Crippen LogP contribution is 2.19. The van der Waals surface area contributed by atoms with Crippen LogP contribution in [-0.4, -0.2) is 45.1 Å². The summed E-state index contributed by atoms with van der Waals surface area (Å²) >= 11 is 0. The van der Waals surface area contributed by atoms with Crippen molar-refractivity contribution in [1.82, 2.24) is 24.9 Å². The molecular weight excluding hydrogens is 453 g/mol. The summed E-state index contributed by atoms with van der Waals surface area (Å²) in [5, 5.41) is 6.73. The summed E-state index contributed by atoms with van der Waals surface area (Å²) in [5.41, 5.74) is 3.19. The van der Waals surface area contributed by atoms with Crippen molar-refractivity contribution in [2.24, 2.45) is 5.92 Å². The molecule has 0 aliphatic carbocycles. The zero-order valence-corrected chi connectivity index (χ0v) is 19.4. The summed E-state index contributed by atoms with van der Waals surface area (Å²) in [6, 6.07) is 12.0. The van der Waals surface area contributed by atoms with E-state index < -0.39 is 11.7 Å². The second kappa shape index (κ2) is 9.83. The Morgan fingerprint density at radius 3 is 2.69 bits per heavy atom. The highest BCUT2D eigenvalue weighted by molar-refractivity contribution is 5.89. The van der Waals surface area contributed by atoms with Crippen LogP contribution in [0.25, 0.3) is 11.1 Å². The first kappa shape index (κ1) is 23.0. The Hall–Kier alpha value is -3.79. The normalized spacial score (nSPS) is 15.0. The lowest BCUT2D eigenvalue weighted by Crippen LogP contribution is -2.38. The van der Waals surface area contributed by atoms with E-state index >= 15 is 0 Å². The number of benzene rings is 2. The van der Waals surface area contributed by atoms with Gasteiger partial charge in [-0.1, -0.05) is 23.4 Å². The maximum Gasteiger partial charge on any atom is 0.420 e. The first-order chi connectivity index (χ1) is 16.9. The number of nitrogens with zero attached hydrogens (tertiary/aromatic N) is 4. The van der Waals surface area contributed by atoms with Crippen LogP contribution in [0, 0.1) is 18.7 Å². The summed E-state index contributed by atoms with van der Waals surface area (Å²) in [4.78, 5) is 31.2. The molecule has 5 rings (SSSR count). The van der Waals surface area contributed by atoms with Gasteiger partial charge in [0.15, 0.2) is 11.4 Å². The number of aromatic nitrogens is 3. The van der Waals surface area contributed by atoms with Crippen molar-refractivity contribution in [3.8, 4) is 0 Å². The minimum absolute atomic E-state index is 0.0403. The third-order valence-corrected chi connectivity index (χ3v) is 6.36. The van der Waals surface area contributed by atoms with E-state index in [1.165, 1.54) is 16.7 Å². The summed E-state index contributed by atoms with van der Waals surface area (Å²) in [6.45, 7) is 5.10. The monoisotopic (exact) mass is 479 g/mol. The zero-order valence-electron chi connectivity index (χ0n) is 19.4. The number of aryl methyl sites for hydroxylation is 1. The van der Waals surface area contributed by atoms with Crippen LogP contribution in [0.4, 0.5) is 4.39 Å². The molecule has 1 fully saturated rings. The molecule has 35 heavy (non-hydrogen) atoms. The van der Waals surface area contributed by atoms with E-state index in [0.717, 1.165) is 43.6 Å². The summed E-state index contributed by atoms with van der Waals surface area (Å²) in [5.74, 6) is -0.744. The van der Waals surface area contributed by atoms with Gasteiger partial charge >= 0.3 is 17.6 Å². The van der Waals surface area contributed by atoms with Gasteiger partial charge < -0.3 is 14.3 Å². The minimum atomic E-state index is -0.521. The molecule has 1 N–H and O–H groups in total. The van der Waals surface area contributed by atoms with Gasteiger partial charge in [0.25, 0.3) is 0 Å². The van der Waals surface area contributed by atoms with Gasteiger partial charge in [-0.3, -0.25) is 14.3 Å². The summed E-state index contributed by atoms with van der Waals surface area (Å²) in [6.07, 6.45) is 1.90. The van der Waals surface area contributed by atoms with Crippen molar-refractivity contribution >= 4 is 17.0 Å². The number of carbonyl (C=O) groups excluding carboxylic acids is 1. The van der Waals surface area contributed by atoms with E-state index in [-0.39, 0.29) is 24.1 Å². The van der Waals surface area contributed by atoms with Gasteiger partial charge in [0.1, 0.15) is 5.82 Å². The number of hydrogen-bond acceptors (Lipinski definition) is 7. The van der Waals surface area contributed by atoms with Gasteiger partial charge in [0.2, 0.25) is 0 Å². The molecule has 0 radical (unpaired) electrons. The van der Waals surface area contributed by atoms with Crippen LogP contribution in [0.1, 0.15) is 40.5 Å². The molecule has 1 saturated heterocycles. The van der Waals surface area contributed by atoms with Crippen LogP contribution in [0.15, 0.2) is 56.2 Å². The van der Waals surface area contributed by atoms with Crippen LogP contribution in [0.2, 0.25) is 0 Å². The van der Waals surface area contributed by atoms with E-state index in [0.29, 0.717) is 23.6 Å². The molecule has 9 nitrogen and oxygen atoms in total. The molecule has 1 aliphatic rings. The molecule has 2 aromatic heterocycles. The molecule has 4 aromatic rings. The predicted octanol–water partition coefficient (Wildman–Crippen LogP) is 3.12. The molecule has 0 spiro atoms. The smallest absolute Gasteiger partial charge is 0.408 e. The third kappa shape index (κ3) is 5.32. The summed E-state index contributed by atoms with van der Waals surface area (Å²) in [7, 11) is 0. The fourth-order valence-electron chi connectivity index (χ4n) is 4.38. The van der Waals surface area contributed by atoms with E-state index in [1.807, 2.05) is 31.2 Å². The Balaban J connectivity index is 1.12. The largest absolute Gasteiger partial charge is 0.420 e. The standard InChI is InChI=1S/C25H26FN5O4/c1-16-2-7-21-20(12-16)31(25(33)34-21)15-22-28-24(35-29-22)23(32)27-13-17-8-10-30(11-9-17)14-18-3-5-19(26)6-4-18/h2-7,12,17H,8-11,13-15H2,1H3,(H,27,32). The van der Waals surface area contributed by atoms with Crippen molar-refractivity contribution < 1.29 is 18.1 Å². The molecule has 182 valence electrons. The van der Waals surface area contributed by atoms with Crippen molar-refractivity contribution in [2.75, 3.05) is 19.6 Å². The molecule has 1 aliphatic heterocycles. The quantitative estimate of drug-likeness (QED) is 0.434. The Kier molecular flexibility index (Phi) is 6.45. The minimum Gasteiger partial charge on any atom is -0.408 e. The lowest BCUT2D eigenvalue weighted by Gasteiger charge is -2.31. The van der Waals surface area contributed by atoms with Crippen LogP contribution in [-0.2, 0) is 13.1 Å². The number of halogens is 1. The van der Waals surface area contributed by atoms with E-state index in [9.17, 15) is 14.0 Å². The molecule has 2 aromatic carbocycles. The average molecular weight is 480 g/mol. The van der Waals surface area contributed by atoms with Gasteiger partial charge in [-0.15, -0.1) is 0 Å². The van der Waals surface area contributed by atoms with Gasteiger partial charge in [-0.05, 0) is 74.2 Å². The fourth-order valence-corrected chi connectivity index (χ4v) is 4.38. The van der Waals surface area contributed by atoms with E-state index in [4.69, 9.17) is 8.94 Å². The Labute approximate surface area is 200 Å². The molecule has 10 heteroatoms. The van der Waals surface area contributed by atoms with Crippen LogP contribution >= 0.6 is 0 Å². The van der Waals surface area contributed by atoms with Crippen molar-refractivity contribution in [1.29, 1.82) is 0 Å². The average Bonchev–Trinajstić information content (AvgIpc) is 3.45. The number of piperidine rings is 1. The zero-order chi connectivity index (χ0) is 24.4. The second-order valence-corrected chi connectivity index (χ2v) is 9.00. The van der Waals surface area contributed by atoms with Gasteiger partial charge in [-0.25, -0.2) is 9.18 Å². The Morgan fingerprint density at radius 2 is 1.91 bits per heavy atom. The molecule has 0 unspecified atom stereocenters. The summed E-state index contributed by atoms with van der Waals surface area (Å²) < 4.78 is 24.9. The molecule has 3 heterocycles. The first-order valence-corrected chi connectivity index (χ1v) is 11.6. The molecule has 0 bridgehead atoms. The maximum absolute atomic E-state index is 13.1. The highest BCUT2D eigenvalue weighted by Gasteiger charge is 2.22. The third-order valence-electron chi connectivity index (χ3n) is 6.36. The number of carbonyl (C=O) groups is 1. The molecule has 1 amide bonds. The number of hydrogen-bond donors (Lipinski definition) is 1. The lowest BCUT2D eigenvalue weighted by atomic mass is 9.96.